The number of halogens is 2. The van der Waals surface area contributed by atoms with Gasteiger partial charge in [0.25, 0.3) is 11.8 Å². The Labute approximate surface area is 178 Å². The van der Waals surface area contributed by atoms with E-state index in [4.69, 9.17) is 23.2 Å². The molecule has 3 rings (SSSR count). The average molecular weight is 462 g/mol. The van der Waals surface area contributed by atoms with Gasteiger partial charge >= 0.3 is 0 Å². The second kappa shape index (κ2) is 8.89. The first-order chi connectivity index (χ1) is 13.6. The monoisotopic (exact) mass is 461 g/mol. The summed E-state index contributed by atoms with van der Waals surface area (Å²) >= 11 is 11.9. The van der Waals surface area contributed by atoms with Crippen molar-refractivity contribution in [2.45, 2.75) is 31.7 Å². The smallest absolute Gasteiger partial charge is 0.261 e. The lowest BCUT2D eigenvalue weighted by atomic mass is 10.1. The van der Waals surface area contributed by atoms with Crippen LogP contribution >= 0.6 is 23.2 Å². The first kappa shape index (κ1) is 21.9. The van der Waals surface area contributed by atoms with Crippen LogP contribution < -0.4 is 10.9 Å². The van der Waals surface area contributed by atoms with Crippen molar-refractivity contribution in [1.29, 1.82) is 0 Å². The van der Waals surface area contributed by atoms with Crippen molar-refractivity contribution in [1.82, 2.24) is 15.8 Å². The lowest BCUT2D eigenvalue weighted by Gasteiger charge is -2.24. The van der Waals surface area contributed by atoms with E-state index in [-0.39, 0.29) is 35.3 Å². The van der Waals surface area contributed by atoms with Gasteiger partial charge in [0.2, 0.25) is 5.91 Å². The molecule has 2 aliphatic heterocycles. The molecule has 0 aromatic heterocycles. The largest absolute Gasteiger partial charge is 0.327 e. The maximum absolute atomic E-state index is 12.8. The molecule has 29 heavy (non-hydrogen) atoms. The number of hydrogen-bond acceptors (Lipinski definition) is 5. The molecule has 11 heteroatoms. The van der Waals surface area contributed by atoms with E-state index in [0.717, 1.165) is 0 Å². The molecule has 1 aromatic rings. The van der Waals surface area contributed by atoms with Gasteiger partial charge in [-0.2, -0.15) is 0 Å². The van der Waals surface area contributed by atoms with E-state index in [1.807, 2.05) is 0 Å². The van der Waals surface area contributed by atoms with Crippen LogP contribution in [0.4, 0.5) is 0 Å². The number of likely N-dealkylation sites (tertiary alicyclic amines) is 1. The Bertz CT molecular complexity index is 917. The maximum atomic E-state index is 12.8. The second-order valence-electron chi connectivity index (χ2n) is 7.33. The summed E-state index contributed by atoms with van der Waals surface area (Å²) in [5.74, 6) is -1.50. The first-order valence-electron chi connectivity index (χ1n) is 9.21. The van der Waals surface area contributed by atoms with E-state index in [1.165, 1.54) is 23.1 Å². The number of hydrogen-bond donors (Lipinski definition) is 2. The minimum atomic E-state index is -3.07. The lowest BCUT2D eigenvalue weighted by molar-refractivity contribution is -0.131. The second-order valence-corrected chi connectivity index (χ2v) is 10.4. The summed E-state index contributed by atoms with van der Waals surface area (Å²) in [5.41, 5.74) is 4.95. The number of nitrogens with one attached hydrogen (secondary N) is 2. The molecule has 2 aliphatic rings. The molecule has 2 fully saturated rings. The van der Waals surface area contributed by atoms with E-state index in [0.29, 0.717) is 35.9 Å². The molecule has 8 nitrogen and oxygen atoms in total. The molecule has 2 heterocycles. The molecule has 0 aliphatic carbocycles. The van der Waals surface area contributed by atoms with Crippen LogP contribution in [-0.4, -0.2) is 55.1 Å². The van der Waals surface area contributed by atoms with Crippen LogP contribution in [0.1, 0.15) is 36.0 Å². The third-order valence-corrected chi connectivity index (χ3v) is 7.33. The molecular weight excluding hydrogens is 441 g/mol. The number of rotatable bonds is 4. The molecule has 2 unspecified atom stereocenters. The number of carbonyl (C=O) groups is 3. The van der Waals surface area contributed by atoms with Crippen LogP contribution in [-0.2, 0) is 19.4 Å². The molecular formula is C18H21Cl2N3O5S. The van der Waals surface area contributed by atoms with E-state index in [9.17, 15) is 22.8 Å². The SMILES string of the molecule is O=C(CC1CCS(=O)(=O)C1)NNC(=O)C1CCCN1C(=O)c1cc(Cl)cc(Cl)c1. The molecule has 0 bridgehead atoms. The normalized spacial score (nSPS) is 23.0. The van der Waals surface area contributed by atoms with Crippen molar-refractivity contribution in [3.8, 4) is 0 Å². The summed E-state index contributed by atoms with van der Waals surface area (Å²) in [6.07, 6.45) is 1.57. The topological polar surface area (TPSA) is 113 Å². The predicted molar refractivity (Wildman–Crippen MR) is 108 cm³/mol. The summed E-state index contributed by atoms with van der Waals surface area (Å²) in [6, 6.07) is 3.76. The standard InChI is InChI=1S/C18H21Cl2N3O5S/c19-13-7-12(8-14(20)9-13)18(26)23-4-1-2-15(23)17(25)22-21-16(24)6-11-3-5-29(27,28)10-11/h7-9,11,15H,1-6,10H2,(H,21,24)(H,22,25). The number of carbonyl (C=O) groups excluding carboxylic acids is 3. The minimum absolute atomic E-state index is 0.0124. The number of benzene rings is 1. The molecule has 2 atom stereocenters. The number of amides is 3. The highest BCUT2D eigenvalue weighted by Crippen LogP contribution is 2.25. The Morgan fingerprint density at radius 1 is 1.07 bits per heavy atom. The van der Waals surface area contributed by atoms with Gasteiger partial charge in [0.15, 0.2) is 9.84 Å². The molecule has 0 spiro atoms. The fraction of sp³-hybridized carbons (Fsp3) is 0.500. The van der Waals surface area contributed by atoms with Gasteiger partial charge < -0.3 is 4.90 Å². The summed E-state index contributed by atoms with van der Waals surface area (Å²) in [6.45, 7) is 0.398. The van der Waals surface area contributed by atoms with Crippen molar-refractivity contribution in [3.05, 3.63) is 33.8 Å². The highest BCUT2D eigenvalue weighted by molar-refractivity contribution is 7.91. The Hall–Kier alpha value is -1.84. The van der Waals surface area contributed by atoms with Gasteiger partial charge in [0.1, 0.15) is 6.04 Å². The maximum Gasteiger partial charge on any atom is 0.261 e. The van der Waals surface area contributed by atoms with Gasteiger partial charge in [-0.25, -0.2) is 8.42 Å². The Morgan fingerprint density at radius 2 is 1.76 bits per heavy atom. The van der Waals surface area contributed by atoms with Crippen molar-refractivity contribution in [3.63, 3.8) is 0 Å². The third-order valence-electron chi connectivity index (χ3n) is 5.05. The van der Waals surface area contributed by atoms with Gasteiger partial charge in [-0.15, -0.1) is 0 Å². The van der Waals surface area contributed by atoms with Crippen LogP contribution in [0.2, 0.25) is 10.0 Å². The summed E-state index contributed by atoms with van der Waals surface area (Å²) in [5, 5.41) is 0.643. The van der Waals surface area contributed by atoms with Crippen LogP contribution in [0.3, 0.4) is 0 Å². The molecule has 2 N–H and O–H groups in total. The molecule has 0 radical (unpaired) electrons. The Morgan fingerprint density at radius 3 is 2.38 bits per heavy atom. The summed E-state index contributed by atoms with van der Waals surface area (Å²) in [7, 11) is -3.07. The van der Waals surface area contributed by atoms with Crippen molar-refractivity contribution in [2.24, 2.45) is 5.92 Å². The van der Waals surface area contributed by atoms with E-state index in [1.54, 1.807) is 0 Å². The van der Waals surface area contributed by atoms with Crippen LogP contribution in [0, 0.1) is 5.92 Å². The zero-order valence-electron chi connectivity index (χ0n) is 15.5. The average Bonchev–Trinajstić information content (AvgIpc) is 3.24. The van der Waals surface area contributed by atoms with E-state index >= 15 is 0 Å². The van der Waals surface area contributed by atoms with Crippen LogP contribution in [0.15, 0.2) is 18.2 Å². The molecule has 3 amide bonds. The zero-order valence-corrected chi connectivity index (χ0v) is 17.8. The number of nitrogens with zero attached hydrogens (tertiary/aromatic N) is 1. The minimum Gasteiger partial charge on any atom is -0.327 e. The molecule has 1 aromatic carbocycles. The molecule has 158 valence electrons. The van der Waals surface area contributed by atoms with Gasteiger partial charge in [-0.3, -0.25) is 25.2 Å². The van der Waals surface area contributed by atoms with Crippen molar-refractivity contribution in [2.75, 3.05) is 18.1 Å². The highest BCUT2D eigenvalue weighted by atomic mass is 35.5. The van der Waals surface area contributed by atoms with E-state index in [2.05, 4.69) is 10.9 Å². The van der Waals surface area contributed by atoms with Gasteiger partial charge in [-0.05, 0) is 43.4 Å². The summed E-state index contributed by atoms with van der Waals surface area (Å²) < 4.78 is 22.9. The van der Waals surface area contributed by atoms with Crippen molar-refractivity contribution < 1.29 is 22.8 Å². The zero-order chi connectivity index (χ0) is 21.2. The highest BCUT2D eigenvalue weighted by Gasteiger charge is 2.35. The number of hydrazine groups is 1. The van der Waals surface area contributed by atoms with Gasteiger partial charge in [0, 0.05) is 28.6 Å². The van der Waals surface area contributed by atoms with Crippen LogP contribution in [0.25, 0.3) is 0 Å². The predicted octanol–water partition coefficient (Wildman–Crippen LogP) is 1.57. The fourth-order valence-corrected chi connectivity index (χ4v) is 6.07. The van der Waals surface area contributed by atoms with Gasteiger partial charge in [0.05, 0.1) is 11.5 Å². The lowest BCUT2D eigenvalue weighted by Crippen LogP contribution is -2.51. The number of sulfone groups is 1. The van der Waals surface area contributed by atoms with Crippen LogP contribution in [0.5, 0.6) is 0 Å². The molecule has 2 saturated heterocycles. The molecule has 0 saturated carbocycles. The first-order valence-corrected chi connectivity index (χ1v) is 11.8. The van der Waals surface area contributed by atoms with E-state index < -0.39 is 27.7 Å². The third kappa shape index (κ3) is 5.61. The fourth-order valence-electron chi connectivity index (χ4n) is 3.69. The Balaban J connectivity index is 1.55. The van der Waals surface area contributed by atoms with Crippen molar-refractivity contribution >= 4 is 50.8 Å². The Kier molecular flexibility index (Phi) is 6.70. The van der Waals surface area contributed by atoms with Gasteiger partial charge in [-0.1, -0.05) is 23.2 Å². The summed E-state index contributed by atoms with van der Waals surface area (Å²) in [4.78, 5) is 38.7. The quantitative estimate of drug-likeness (QED) is 0.660.